The number of carboxylic acid groups (broad SMARTS) is 1. The standard InChI is InChI=1S/C13H22N4O3/c1-7(2)11(13(19)20)14-6-10(18)15-12-8(3)16-17(5)9(12)4/h7,11,14H,6H2,1-5H3,(H,15,18)(H,19,20). The van der Waals surface area contributed by atoms with Gasteiger partial charge in [-0.05, 0) is 19.8 Å². The number of carboxylic acids is 1. The van der Waals surface area contributed by atoms with Crippen molar-refractivity contribution in [3.05, 3.63) is 11.4 Å². The number of hydrogen-bond acceptors (Lipinski definition) is 4. The number of carbonyl (C=O) groups excluding carboxylic acids is 1. The Balaban J connectivity index is 2.62. The summed E-state index contributed by atoms with van der Waals surface area (Å²) in [6.45, 7) is 7.20. The fourth-order valence-electron chi connectivity index (χ4n) is 1.95. The molecule has 0 saturated heterocycles. The molecule has 1 aromatic heterocycles. The van der Waals surface area contributed by atoms with E-state index in [0.717, 1.165) is 11.4 Å². The lowest BCUT2D eigenvalue weighted by molar-refractivity contribution is -0.140. The molecular weight excluding hydrogens is 260 g/mol. The minimum Gasteiger partial charge on any atom is -0.480 e. The van der Waals surface area contributed by atoms with E-state index < -0.39 is 12.0 Å². The lowest BCUT2D eigenvalue weighted by atomic mass is 10.1. The smallest absolute Gasteiger partial charge is 0.320 e. The van der Waals surface area contributed by atoms with E-state index in [1.54, 1.807) is 25.6 Å². The zero-order chi connectivity index (χ0) is 15.4. The van der Waals surface area contributed by atoms with Gasteiger partial charge in [0.15, 0.2) is 0 Å². The highest BCUT2D eigenvalue weighted by Crippen LogP contribution is 2.17. The van der Waals surface area contributed by atoms with Crippen LogP contribution in [0.5, 0.6) is 0 Å². The Morgan fingerprint density at radius 1 is 1.35 bits per heavy atom. The summed E-state index contributed by atoms with van der Waals surface area (Å²) in [7, 11) is 1.80. The molecule has 0 aliphatic carbocycles. The molecule has 1 amide bonds. The second kappa shape index (κ2) is 6.51. The van der Waals surface area contributed by atoms with E-state index in [0.29, 0.717) is 5.69 Å². The Bertz CT molecular complexity index is 508. The van der Waals surface area contributed by atoms with Crippen LogP contribution in [0, 0.1) is 19.8 Å². The molecule has 0 fully saturated rings. The second-order valence-corrected chi connectivity index (χ2v) is 5.16. The molecule has 112 valence electrons. The molecule has 0 aliphatic heterocycles. The molecular formula is C13H22N4O3. The molecule has 0 aliphatic rings. The van der Waals surface area contributed by atoms with Gasteiger partial charge in [-0.3, -0.25) is 19.6 Å². The quantitative estimate of drug-likeness (QED) is 0.713. The van der Waals surface area contributed by atoms with E-state index >= 15 is 0 Å². The van der Waals surface area contributed by atoms with Crippen LogP contribution in [0.3, 0.4) is 0 Å². The fourth-order valence-corrected chi connectivity index (χ4v) is 1.95. The summed E-state index contributed by atoms with van der Waals surface area (Å²) in [4.78, 5) is 22.9. The molecule has 1 aromatic rings. The monoisotopic (exact) mass is 282 g/mol. The number of aryl methyl sites for hydroxylation is 2. The summed E-state index contributed by atoms with van der Waals surface area (Å²) in [5, 5.41) is 18.7. The molecule has 1 unspecified atom stereocenters. The average molecular weight is 282 g/mol. The third-order valence-electron chi connectivity index (χ3n) is 3.19. The molecule has 0 bridgehead atoms. The van der Waals surface area contributed by atoms with Gasteiger partial charge in [-0.2, -0.15) is 5.10 Å². The highest BCUT2D eigenvalue weighted by molar-refractivity contribution is 5.93. The summed E-state index contributed by atoms with van der Waals surface area (Å²) in [6, 6.07) is -0.739. The van der Waals surface area contributed by atoms with Gasteiger partial charge in [-0.1, -0.05) is 13.8 Å². The molecule has 0 aromatic carbocycles. The van der Waals surface area contributed by atoms with Crippen LogP contribution in [-0.2, 0) is 16.6 Å². The number of aromatic nitrogens is 2. The van der Waals surface area contributed by atoms with E-state index in [4.69, 9.17) is 5.11 Å². The van der Waals surface area contributed by atoms with Crippen molar-refractivity contribution < 1.29 is 14.7 Å². The van der Waals surface area contributed by atoms with E-state index in [9.17, 15) is 9.59 Å². The largest absolute Gasteiger partial charge is 0.480 e. The van der Waals surface area contributed by atoms with Crippen molar-refractivity contribution in [1.82, 2.24) is 15.1 Å². The topological polar surface area (TPSA) is 96.3 Å². The fraction of sp³-hybridized carbons (Fsp3) is 0.615. The van der Waals surface area contributed by atoms with Gasteiger partial charge in [-0.25, -0.2) is 0 Å². The van der Waals surface area contributed by atoms with E-state index in [-0.39, 0.29) is 18.4 Å². The van der Waals surface area contributed by atoms with E-state index in [2.05, 4.69) is 15.7 Å². The summed E-state index contributed by atoms with van der Waals surface area (Å²) in [5.74, 6) is -1.33. The SMILES string of the molecule is Cc1nn(C)c(C)c1NC(=O)CNC(C(=O)O)C(C)C. The van der Waals surface area contributed by atoms with Gasteiger partial charge in [0.05, 0.1) is 23.6 Å². The van der Waals surface area contributed by atoms with Crippen molar-refractivity contribution in [2.75, 3.05) is 11.9 Å². The molecule has 0 saturated carbocycles. The third-order valence-corrected chi connectivity index (χ3v) is 3.19. The molecule has 20 heavy (non-hydrogen) atoms. The summed E-state index contributed by atoms with van der Waals surface area (Å²) < 4.78 is 1.69. The normalized spacial score (nSPS) is 12.5. The first-order chi connectivity index (χ1) is 9.23. The second-order valence-electron chi connectivity index (χ2n) is 5.16. The van der Waals surface area contributed by atoms with Crippen molar-refractivity contribution in [1.29, 1.82) is 0 Å². The number of nitrogens with one attached hydrogen (secondary N) is 2. The lowest BCUT2D eigenvalue weighted by Crippen LogP contribution is -2.44. The average Bonchev–Trinajstić information content (AvgIpc) is 2.55. The van der Waals surface area contributed by atoms with Crippen molar-refractivity contribution in [2.24, 2.45) is 13.0 Å². The van der Waals surface area contributed by atoms with Gasteiger partial charge in [0.1, 0.15) is 6.04 Å². The Kier molecular flexibility index (Phi) is 5.26. The van der Waals surface area contributed by atoms with Crippen molar-refractivity contribution in [3.63, 3.8) is 0 Å². The molecule has 7 nitrogen and oxygen atoms in total. The minimum absolute atomic E-state index is 0.0527. The maximum absolute atomic E-state index is 11.9. The van der Waals surface area contributed by atoms with Crippen LogP contribution in [0.1, 0.15) is 25.2 Å². The van der Waals surface area contributed by atoms with Gasteiger partial charge >= 0.3 is 5.97 Å². The number of hydrogen-bond donors (Lipinski definition) is 3. The van der Waals surface area contributed by atoms with Crippen LogP contribution in [0.4, 0.5) is 5.69 Å². The molecule has 7 heteroatoms. The Labute approximate surface area is 118 Å². The highest BCUT2D eigenvalue weighted by Gasteiger charge is 2.22. The van der Waals surface area contributed by atoms with Crippen molar-refractivity contribution in [3.8, 4) is 0 Å². The molecule has 3 N–H and O–H groups in total. The van der Waals surface area contributed by atoms with E-state index in [1.807, 2.05) is 13.8 Å². The number of anilines is 1. The predicted molar refractivity (Wildman–Crippen MR) is 75.6 cm³/mol. The third kappa shape index (κ3) is 3.80. The molecule has 0 spiro atoms. The number of amides is 1. The maximum Gasteiger partial charge on any atom is 0.320 e. The lowest BCUT2D eigenvalue weighted by Gasteiger charge is -2.17. The van der Waals surface area contributed by atoms with Gasteiger partial charge in [0, 0.05) is 7.05 Å². The molecule has 1 atom stereocenters. The first-order valence-corrected chi connectivity index (χ1v) is 6.50. The van der Waals surface area contributed by atoms with Gasteiger partial charge in [0.25, 0.3) is 0 Å². The van der Waals surface area contributed by atoms with Gasteiger partial charge in [0.2, 0.25) is 5.91 Å². The molecule has 1 rings (SSSR count). The zero-order valence-electron chi connectivity index (χ0n) is 12.5. The Morgan fingerprint density at radius 3 is 2.35 bits per heavy atom. The Morgan fingerprint density at radius 2 is 1.95 bits per heavy atom. The summed E-state index contributed by atoms with van der Waals surface area (Å²) in [5.41, 5.74) is 2.27. The summed E-state index contributed by atoms with van der Waals surface area (Å²) >= 11 is 0. The maximum atomic E-state index is 11.9. The number of aliphatic carboxylic acids is 1. The van der Waals surface area contributed by atoms with Gasteiger partial charge in [-0.15, -0.1) is 0 Å². The van der Waals surface area contributed by atoms with Crippen LogP contribution in [0.25, 0.3) is 0 Å². The van der Waals surface area contributed by atoms with Crippen LogP contribution in [-0.4, -0.2) is 39.4 Å². The molecule has 1 heterocycles. The molecule has 0 radical (unpaired) electrons. The number of carbonyl (C=O) groups is 2. The van der Waals surface area contributed by atoms with Crippen molar-refractivity contribution in [2.45, 2.75) is 33.7 Å². The van der Waals surface area contributed by atoms with Crippen LogP contribution in [0.15, 0.2) is 0 Å². The number of nitrogens with zero attached hydrogens (tertiary/aromatic N) is 2. The summed E-state index contributed by atoms with van der Waals surface area (Å²) in [6.07, 6.45) is 0. The highest BCUT2D eigenvalue weighted by atomic mass is 16.4. The van der Waals surface area contributed by atoms with E-state index in [1.165, 1.54) is 0 Å². The predicted octanol–water partition coefficient (Wildman–Crippen LogP) is 0.674. The first-order valence-electron chi connectivity index (χ1n) is 6.50. The van der Waals surface area contributed by atoms with Crippen LogP contribution in [0.2, 0.25) is 0 Å². The first kappa shape index (κ1) is 16.2. The Hall–Kier alpha value is -1.89. The van der Waals surface area contributed by atoms with Crippen LogP contribution < -0.4 is 10.6 Å². The minimum atomic E-state index is -0.957. The zero-order valence-corrected chi connectivity index (χ0v) is 12.5. The number of rotatable bonds is 6. The van der Waals surface area contributed by atoms with Gasteiger partial charge < -0.3 is 10.4 Å². The van der Waals surface area contributed by atoms with Crippen molar-refractivity contribution >= 4 is 17.6 Å². The van der Waals surface area contributed by atoms with Crippen LogP contribution >= 0.6 is 0 Å².